The molecule has 1 N–H and O–H groups in total. The first-order chi connectivity index (χ1) is 15.1. The molecular weight excluding hydrogens is 419 g/mol. The SMILES string of the molecule is CC(C)c1c(C(=O)NCC(C)N(C)c2ccccc2)cnn1-c1ccc(C(F)(F)F)cn1. The average molecular weight is 445 g/mol. The van der Waals surface area contributed by atoms with E-state index in [0.717, 1.165) is 18.0 Å². The van der Waals surface area contributed by atoms with E-state index in [-0.39, 0.29) is 23.7 Å². The summed E-state index contributed by atoms with van der Waals surface area (Å²) in [4.78, 5) is 18.9. The minimum atomic E-state index is -4.47. The van der Waals surface area contributed by atoms with E-state index in [2.05, 4.69) is 20.3 Å². The van der Waals surface area contributed by atoms with Gasteiger partial charge in [0.1, 0.15) is 0 Å². The van der Waals surface area contributed by atoms with E-state index in [1.807, 2.05) is 58.2 Å². The zero-order chi connectivity index (χ0) is 23.5. The number of hydrogen-bond donors (Lipinski definition) is 1. The van der Waals surface area contributed by atoms with Crippen LogP contribution in [-0.4, -0.2) is 40.3 Å². The molecule has 1 unspecified atom stereocenters. The van der Waals surface area contributed by atoms with E-state index in [0.29, 0.717) is 17.8 Å². The molecule has 32 heavy (non-hydrogen) atoms. The van der Waals surface area contributed by atoms with Gasteiger partial charge in [0.2, 0.25) is 0 Å². The van der Waals surface area contributed by atoms with Crippen LogP contribution in [0.2, 0.25) is 0 Å². The predicted molar refractivity (Wildman–Crippen MR) is 117 cm³/mol. The van der Waals surface area contributed by atoms with Gasteiger partial charge in [0.15, 0.2) is 5.82 Å². The van der Waals surface area contributed by atoms with Crippen molar-refractivity contribution in [2.24, 2.45) is 0 Å². The van der Waals surface area contributed by atoms with E-state index in [9.17, 15) is 18.0 Å². The van der Waals surface area contributed by atoms with Crippen LogP contribution in [0.15, 0.2) is 54.9 Å². The second kappa shape index (κ2) is 9.42. The Morgan fingerprint density at radius 3 is 2.34 bits per heavy atom. The Hall–Kier alpha value is -3.36. The molecule has 0 saturated heterocycles. The monoisotopic (exact) mass is 445 g/mol. The molecule has 6 nitrogen and oxygen atoms in total. The number of halogens is 3. The number of amides is 1. The first-order valence-electron chi connectivity index (χ1n) is 10.3. The molecule has 9 heteroatoms. The number of alkyl halides is 3. The highest BCUT2D eigenvalue weighted by atomic mass is 19.4. The van der Waals surface area contributed by atoms with Gasteiger partial charge in [-0.3, -0.25) is 4.79 Å². The topological polar surface area (TPSA) is 63.1 Å². The predicted octanol–water partition coefficient (Wildman–Crippen LogP) is 4.66. The Kier molecular flexibility index (Phi) is 6.86. The molecule has 1 aromatic carbocycles. The molecule has 0 bridgehead atoms. The van der Waals surface area contributed by atoms with Crippen molar-refractivity contribution < 1.29 is 18.0 Å². The molecule has 1 atom stereocenters. The van der Waals surface area contributed by atoms with E-state index in [4.69, 9.17) is 0 Å². The molecule has 0 aliphatic carbocycles. The van der Waals surface area contributed by atoms with E-state index < -0.39 is 11.7 Å². The molecule has 3 aromatic rings. The number of para-hydroxylation sites is 1. The first-order valence-corrected chi connectivity index (χ1v) is 10.3. The number of benzene rings is 1. The number of anilines is 1. The van der Waals surface area contributed by atoms with Crippen molar-refractivity contribution in [3.05, 3.63) is 71.7 Å². The third kappa shape index (κ3) is 5.09. The summed E-state index contributed by atoms with van der Waals surface area (Å²) in [6.45, 7) is 6.19. The Labute approximate surface area is 185 Å². The van der Waals surface area contributed by atoms with Crippen molar-refractivity contribution in [1.29, 1.82) is 0 Å². The van der Waals surface area contributed by atoms with Crippen LogP contribution in [-0.2, 0) is 6.18 Å². The highest BCUT2D eigenvalue weighted by molar-refractivity contribution is 5.95. The van der Waals surface area contributed by atoms with Crippen LogP contribution in [0.25, 0.3) is 5.82 Å². The summed E-state index contributed by atoms with van der Waals surface area (Å²) in [5.74, 6) is -0.176. The van der Waals surface area contributed by atoms with Crippen LogP contribution >= 0.6 is 0 Å². The van der Waals surface area contributed by atoms with Gasteiger partial charge in [0.05, 0.1) is 23.0 Å². The summed E-state index contributed by atoms with van der Waals surface area (Å²) < 4.78 is 39.9. The van der Waals surface area contributed by atoms with E-state index >= 15 is 0 Å². The number of nitrogens with one attached hydrogen (secondary N) is 1. The maximum Gasteiger partial charge on any atom is 0.417 e. The molecule has 3 rings (SSSR count). The van der Waals surface area contributed by atoms with Crippen LogP contribution in [0.1, 0.15) is 48.3 Å². The maximum atomic E-state index is 12.9. The van der Waals surface area contributed by atoms with E-state index in [1.54, 1.807) is 0 Å². The number of rotatable bonds is 7. The third-order valence-corrected chi connectivity index (χ3v) is 5.27. The van der Waals surface area contributed by atoms with Crippen LogP contribution in [0.5, 0.6) is 0 Å². The van der Waals surface area contributed by atoms with Gasteiger partial charge in [-0.25, -0.2) is 9.67 Å². The van der Waals surface area contributed by atoms with E-state index in [1.165, 1.54) is 16.9 Å². The molecule has 0 spiro atoms. The zero-order valence-corrected chi connectivity index (χ0v) is 18.4. The molecule has 0 aliphatic rings. The molecule has 2 aromatic heterocycles. The number of nitrogens with zero attached hydrogens (tertiary/aromatic N) is 4. The highest BCUT2D eigenvalue weighted by Crippen LogP contribution is 2.29. The lowest BCUT2D eigenvalue weighted by Crippen LogP contribution is -2.40. The second-order valence-electron chi connectivity index (χ2n) is 7.92. The molecule has 0 radical (unpaired) electrons. The molecule has 0 saturated carbocycles. The highest BCUT2D eigenvalue weighted by Gasteiger charge is 2.31. The molecule has 0 fully saturated rings. The maximum absolute atomic E-state index is 12.9. The van der Waals surface area contributed by atoms with Crippen LogP contribution in [0.4, 0.5) is 18.9 Å². The number of pyridine rings is 1. The molecule has 170 valence electrons. The van der Waals surface area contributed by atoms with Gasteiger partial charge in [-0.15, -0.1) is 0 Å². The largest absolute Gasteiger partial charge is 0.417 e. The Balaban J connectivity index is 1.77. The summed E-state index contributed by atoms with van der Waals surface area (Å²) in [6, 6.07) is 12.1. The molecule has 0 aliphatic heterocycles. The lowest BCUT2D eigenvalue weighted by molar-refractivity contribution is -0.137. The van der Waals surface area contributed by atoms with Gasteiger partial charge in [-0.05, 0) is 37.1 Å². The van der Waals surface area contributed by atoms with Crippen molar-refractivity contribution in [1.82, 2.24) is 20.1 Å². The minimum Gasteiger partial charge on any atom is -0.370 e. The summed E-state index contributed by atoms with van der Waals surface area (Å²) in [5, 5.41) is 7.17. The summed E-state index contributed by atoms with van der Waals surface area (Å²) >= 11 is 0. The van der Waals surface area contributed by atoms with Crippen LogP contribution < -0.4 is 10.2 Å². The van der Waals surface area contributed by atoms with Crippen molar-refractivity contribution >= 4 is 11.6 Å². The molecular formula is C23H26F3N5O. The fourth-order valence-corrected chi connectivity index (χ4v) is 3.34. The van der Waals surface area contributed by atoms with Crippen LogP contribution in [0.3, 0.4) is 0 Å². The fourth-order valence-electron chi connectivity index (χ4n) is 3.34. The van der Waals surface area contributed by atoms with Gasteiger partial charge in [0, 0.05) is 31.5 Å². The van der Waals surface area contributed by atoms with Gasteiger partial charge < -0.3 is 10.2 Å². The summed E-state index contributed by atoms with van der Waals surface area (Å²) in [5.41, 5.74) is 1.15. The number of hydrogen-bond acceptors (Lipinski definition) is 4. The smallest absolute Gasteiger partial charge is 0.370 e. The average Bonchev–Trinajstić information content (AvgIpc) is 3.22. The van der Waals surface area contributed by atoms with Gasteiger partial charge in [-0.1, -0.05) is 32.0 Å². The number of likely N-dealkylation sites (N-methyl/N-ethyl adjacent to an activating group) is 1. The second-order valence-corrected chi connectivity index (χ2v) is 7.92. The number of carbonyl (C=O) groups is 1. The Morgan fingerprint density at radius 2 is 1.78 bits per heavy atom. The summed E-state index contributed by atoms with van der Waals surface area (Å²) in [6.07, 6.45) is -2.28. The molecule has 2 heterocycles. The zero-order valence-electron chi connectivity index (χ0n) is 18.4. The summed E-state index contributed by atoms with van der Waals surface area (Å²) in [7, 11) is 1.96. The third-order valence-electron chi connectivity index (χ3n) is 5.27. The number of aromatic nitrogens is 3. The lowest BCUT2D eigenvalue weighted by atomic mass is 10.1. The van der Waals surface area contributed by atoms with Crippen molar-refractivity contribution in [2.75, 3.05) is 18.5 Å². The first kappa shape index (κ1) is 23.3. The molecule has 1 amide bonds. The van der Waals surface area contributed by atoms with Crippen LogP contribution in [0, 0.1) is 0 Å². The number of carbonyl (C=O) groups excluding carboxylic acids is 1. The van der Waals surface area contributed by atoms with Gasteiger partial charge in [-0.2, -0.15) is 18.3 Å². The van der Waals surface area contributed by atoms with Crippen molar-refractivity contribution in [2.45, 2.75) is 38.9 Å². The lowest BCUT2D eigenvalue weighted by Gasteiger charge is -2.27. The minimum absolute atomic E-state index is 0.0375. The Bertz CT molecular complexity index is 1050. The van der Waals surface area contributed by atoms with Crippen molar-refractivity contribution in [3.8, 4) is 5.82 Å². The van der Waals surface area contributed by atoms with Gasteiger partial charge in [0.25, 0.3) is 5.91 Å². The normalized spacial score (nSPS) is 12.6. The quantitative estimate of drug-likeness (QED) is 0.574. The van der Waals surface area contributed by atoms with Gasteiger partial charge >= 0.3 is 6.18 Å². The van der Waals surface area contributed by atoms with Crippen molar-refractivity contribution in [3.63, 3.8) is 0 Å². The Morgan fingerprint density at radius 1 is 1.09 bits per heavy atom. The fraction of sp³-hybridized carbons (Fsp3) is 0.348. The standard InChI is InChI=1S/C23H26F3N5O/c1-15(2)21-19(14-29-31(21)20-11-10-17(13-27-20)23(24,25)26)22(32)28-12-16(3)30(4)18-8-6-5-7-9-18/h5-11,13-16H,12H2,1-4H3,(H,28,32).